The highest BCUT2D eigenvalue weighted by molar-refractivity contribution is 7.10. The second-order valence-electron chi connectivity index (χ2n) is 9.51. The SMILES string of the molecule is CCN(CC)c1ccc(-c2csc(C3CCN(C(=O)Cc4nc(-c5ccccc5)oc4C)CC3)n2)cc1. The molecule has 37 heavy (non-hydrogen) atoms. The number of anilines is 1. The number of carbonyl (C=O) groups is 1. The van der Waals surface area contributed by atoms with E-state index in [9.17, 15) is 4.79 Å². The van der Waals surface area contributed by atoms with E-state index >= 15 is 0 Å². The zero-order chi connectivity index (χ0) is 25.8. The van der Waals surface area contributed by atoms with Gasteiger partial charge in [0.05, 0.1) is 22.8 Å². The minimum absolute atomic E-state index is 0.114. The Labute approximate surface area is 223 Å². The van der Waals surface area contributed by atoms with Gasteiger partial charge in [0.25, 0.3) is 0 Å². The second-order valence-corrected chi connectivity index (χ2v) is 10.4. The van der Waals surface area contributed by atoms with Gasteiger partial charge >= 0.3 is 0 Å². The molecule has 0 aliphatic carbocycles. The third-order valence-corrected chi connectivity index (χ3v) is 8.25. The summed E-state index contributed by atoms with van der Waals surface area (Å²) in [7, 11) is 0. The lowest BCUT2D eigenvalue weighted by Crippen LogP contribution is -2.38. The molecule has 6 nitrogen and oxygen atoms in total. The zero-order valence-corrected chi connectivity index (χ0v) is 22.6. The van der Waals surface area contributed by atoms with Crippen LogP contribution < -0.4 is 4.90 Å². The molecule has 3 heterocycles. The first-order valence-electron chi connectivity index (χ1n) is 13.2. The summed E-state index contributed by atoms with van der Waals surface area (Å²) in [6.45, 7) is 9.75. The maximum atomic E-state index is 13.0. The number of aryl methyl sites for hydroxylation is 1. The lowest BCUT2D eigenvalue weighted by Gasteiger charge is -2.31. The summed E-state index contributed by atoms with van der Waals surface area (Å²) in [6, 6.07) is 18.5. The van der Waals surface area contributed by atoms with Crippen molar-refractivity contribution in [3.63, 3.8) is 0 Å². The van der Waals surface area contributed by atoms with Crippen molar-refractivity contribution in [3.8, 4) is 22.7 Å². The van der Waals surface area contributed by atoms with Crippen molar-refractivity contribution in [1.29, 1.82) is 0 Å². The Morgan fingerprint density at radius 2 is 1.70 bits per heavy atom. The van der Waals surface area contributed by atoms with Crippen LogP contribution in [-0.4, -0.2) is 47.0 Å². The summed E-state index contributed by atoms with van der Waals surface area (Å²) in [5.41, 5.74) is 5.10. The van der Waals surface area contributed by atoms with Gasteiger partial charge in [-0.3, -0.25) is 4.79 Å². The predicted octanol–water partition coefficient (Wildman–Crippen LogP) is 6.57. The molecule has 1 amide bonds. The van der Waals surface area contributed by atoms with Crippen molar-refractivity contribution < 1.29 is 9.21 Å². The fourth-order valence-electron chi connectivity index (χ4n) is 4.97. The van der Waals surface area contributed by atoms with Gasteiger partial charge in [0.2, 0.25) is 11.8 Å². The Hall–Kier alpha value is -3.45. The standard InChI is InChI=1S/C30H34N4O2S/c1-4-33(5-2)25-13-11-22(12-14-25)27-20-37-30(32-27)24-15-17-34(18-16-24)28(35)19-26-21(3)36-29(31-26)23-9-7-6-8-10-23/h6-14,20,24H,4-5,15-19H2,1-3H3. The molecule has 0 N–H and O–H groups in total. The minimum Gasteiger partial charge on any atom is -0.441 e. The monoisotopic (exact) mass is 514 g/mol. The highest BCUT2D eigenvalue weighted by Gasteiger charge is 2.27. The molecule has 0 unspecified atom stereocenters. The number of rotatable bonds is 8. The summed E-state index contributed by atoms with van der Waals surface area (Å²) in [5.74, 6) is 1.79. The molecule has 0 atom stereocenters. The number of hydrogen-bond donors (Lipinski definition) is 0. The smallest absolute Gasteiger partial charge is 0.228 e. The summed E-state index contributed by atoms with van der Waals surface area (Å²) < 4.78 is 5.84. The molecule has 2 aromatic carbocycles. The number of oxazole rings is 1. The van der Waals surface area contributed by atoms with Crippen LogP contribution >= 0.6 is 11.3 Å². The summed E-state index contributed by atoms with van der Waals surface area (Å²) >= 11 is 1.74. The summed E-state index contributed by atoms with van der Waals surface area (Å²) in [5, 5.41) is 3.34. The number of carbonyl (C=O) groups excluding carboxylic acids is 1. The first-order valence-corrected chi connectivity index (χ1v) is 14.0. The van der Waals surface area contributed by atoms with Crippen LogP contribution in [0.3, 0.4) is 0 Å². The largest absolute Gasteiger partial charge is 0.441 e. The topological polar surface area (TPSA) is 62.5 Å². The van der Waals surface area contributed by atoms with Gasteiger partial charge in [0.15, 0.2) is 0 Å². The number of nitrogens with zero attached hydrogens (tertiary/aromatic N) is 4. The molecule has 1 fully saturated rings. The quantitative estimate of drug-likeness (QED) is 0.266. The van der Waals surface area contributed by atoms with E-state index in [0.29, 0.717) is 17.6 Å². The van der Waals surface area contributed by atoms with Crippen LogP contribution in [0.4, 0.5) is 5.69 Å². The van der Waals surface area contributed by atoms with Crippen molar-refractivity contribution >= 4 is 22.9 Å². The third-order valence-electron chi connectivity index (χ3n) is 7.24. The number of thiazole rings is 1. The van der Waals surface area contributed by atoms with Gasteiger partial charge in [-0.05, 0) is 57.9 Å². The molecule has 0 saturated carbocycles. The molecule has 0 bridgehead atoms. The molecule has 4 aromatic rings. The maximum Gasteiger partial charge on any atom is 0.228 e. The van der Waals surface area contributed by atoms with Crippen LogP contribution in [0.2, 0.25) is 0 Å². The van der Waals surface area contributed by atoms with Gasteiger partial charge in [0, 0.05) is 54.3 Å². The first-order chi connectivity index (χ1) is 18.1. The Kier molecular flexibility index (Phi) is 7.70. The molecule has 7 heteroatoms. The van der Waals surface area contributed by atoms with Crippen molar-refractivity contribution in [2.45, 2.75) is 46.0 Å². The van der Waals surface area contributed by atoms with E-state index in [1.165, 1.54) is 10.7 Å². The van der Waals surface area contributed by atoms with E-state index < -0.39 is 0 Å². The fraction of sp³-hybridized carbons (Fsp3) is 0.367. The fourth-order valence-corrected chi connectivity index (χ4v) is 5.97. The average molecular weight is 515 g/mol. The Morgan fingerprint density at radius 3 is 2.38 bits per heavy atom. The maximum absolute atomic E-state index is 13.0. The zero-order valence-electron chi connectivity index (χ0n) is 21.8. The van der Waals surface area contributed by atoms with Gasteiger partial charge < -0.3 is 14.2 Å². The molecule has 1 aliphatic rings. The molecular formula is C30H34N4O2S. The minimum atomic E-state index is 0.114. The first kappa shape index (κ1) is 25.2. The average Bonchev–Trinajstić information content (AvgIpc) is 3.58. The van der Waals surface area contributed by atoms with Crippen LogP contribution in [-0.2, 0) is 11.2 Å². The highest BCUT2D eigenvalue weighted by Crippen LogP contribution is 2.34. The van der Waals surface area contributed by atoms with Crippen LogP contribution in [0.5, 0.6) is 0 Å². The summed E-state index contributed by atoms with van der Waals surface area (Å²) in [4.78, 5) is 26.9. The van der Waals surface area contributed by atoms with Gasteiger partial charge in [-0.15, -0.1) is 11.3 Å². The van der Waals surface area contributed by atoms with E-state index in [2.05, 4.69) is 53.4 Å². The molecule has 2 aromatic heterocycles. The van der Waals surface area contributed by atoms with Crippen molar-refractivity contribution in [2.75, 3.05) is 31.1 Å². The molecular weight excluding hydrogens is 480 g/mol. The van der Waals surface area contributed by atoms with Crippen molar-refractivity contribution in [3.05, 3.63) is 76.4 Å². The normalized spacial score (nSPS) is 14.2. The third kappa shape index (κ3) is 5.62. The second kappa shape index (κ2) is 11.3. The number of hydrogen-bond acceptors (Lipinski definition) is 6. The lowest BCUT2D eigenvalue weighted by atomic mass is 9.97. The number of benzene rings is 2. The Balaban J connectivity index is 1.17. The Morgan fingerprint density at radius 1 is 1.00 bits per heavy atom. The van der Waals surface area contributed by atoms with E-state index in [0.717, 1.165) is 61.5 Å². The lowest BCUT2D eigenvalue weighted by molar-refractivity contribution is -0.131. The van der Waals surface area contributed by atoms with E-state index in [1.54, 1.807) is 11.3 Å². The van der Waals surface area contributed by atoms with Crippen LogP contribution in [0, 0.1) is 6.92 Å². The molecule has 5 rings (SSSR count). The highest BCUT2D eigenvalue weighted by atomic mass is 32.1. The van der Waals surface area contributed by atoms with E-state index in [-0.39, 0.29) is 12.3 Å². The van der Waals surface area contributed by atoms with Gasteiger partial charge in [0.1, 0.15) is 5.76 Å². The van der Waals surface area contributed by atoms with E-state index in [1.807, 2.05) is 42.2 Å². The molecule has 0 spiro atoms. The molecule has 1 saturated heterocycles. The summed E-state index contributed by atoms with van der Waals surface area (Å²) in [6.07, 6.45) is 2.15. The van der Waals surface area contributed by atoms with Crippen LogP contribution in [0.25, 0.3) is 22.7 Å². The molecule has 0 radical (unpaired) electrons. The number of likely N-dealkylation sites (tertiary alicyclic amines) is 1. The van der Waals surface area contributed by atoms with Crippen molar-refractivity contribution in [1.82, 2.24) is 14.9 Å². The van der Waals surface area contributed by atoms with Crippen LogP contribution in [0.15, 0.2) is 64.4 Å². The van der Waals surface area contributed by atoms with Gasteiger partial charge in [-0.1, -0.05) is 30.3 Å². The predicted molar refractivity (Wildman–Crippen MR) is 150 cm³/mol. The number of aromatic nitrogens is 2. The molecule has 192 valence electrons. The van der Waals surface area contributed by atoms with Gasteiger partial charge in [-0.25, -0.2) is 9.97 Å². The number of piperidine rings is 1. The molecule has 1 aliphatic heterocycles. The van der Waals surface area contributed by atoms with E-state index in [4.69, 9.17) is 9.40 Å². The van der Waals surface area contributed by atoms with Gasteiger partial charge in [-0.2, -0.15) is 0 Å². The van der Waals surface area contributed by atoms with Crippen molar-refractivity contribution in [2.24, 2.45) is 0 Å². The number of amides is 1. The Bertz CT molecular complexity index is 1320. The van der Waals surface area contributed by atoms with Crippen LogP contribution in [0.1, 0.15) is 49.1 Å².